The lowest BCUT2D eigenvalue weighted by atomic mass is 9.90. The van der Waals surface area contributed by atoms with Crippen molar-refractivity contribution >= 4 is 15.9 Å². The second kappa shape index (κ2) is 5.93. The number of ether oxygens (including phenoxy) is 1. The largest absolute Gasteiger partial charge is 0.503 e. The minimum absolute atomic E-state index is 0.210. The first-order chi connectivity index (χ1) is 8.63. The highest BCUT2D eigenvalue weighted by molar-refractivity contribution is 9.10. The van der Waals surface area contributed by atoms with E-state index >= 15 is 0 Å². The number of aryl methyl sites for hydroxylation is 1. The Morgan fingerprint density at radius 2 is 2.33 bits per heavy atom. The van der Waals surface area contributed by atoms with Gasteiger partial charge in [0.1, 0.15) is 0 Å². The molecule has 1 fully saturated rings. The molecule has 4 heteroatoms. The van der Waals surface area contributed by atoms with Gasteiger partial charge in [-0.25, -0.2) is 0 Å². The van der Waals surface area contributed by atoms with Gasteiger partial charge in [-0.2, -0.15) is 0 Å². The van der Waals surface area contributed by atoms with E-state index in [4.69, 9.17) is 4.74 Å². The van der Waals surface area contributed by atoms with Gasteiger partial charge >= 0.3 is 0 Å². The molecule has 1 unspecified atom stereocenters. The highest BCUT2D eigenvalue weighted by Crippen LogP contribution is 2.39. The van der Waals surface area contributed by atoms with Gasteiger partial charge in [-0.1, -0.05) is 0 Å². The first-order valence-electron chi connectivity index (χ1n) is 6.39. The van der Waals surface area contributed by atoms with Crippen LogP contribution in [0.15, 0.2) is 10.5 Å². The van der Waals surface area contributed by atoms with Crippen LogP contribution >= 0.6 is 15.9 Å². The van der Waals surface area contributed by atoms with Crippen molar-refractivity contribution in [3.05, 3.63) is 21.7 Å². The summed E-state index contributed by atoms with van der Waals surface area (Å²) >= 11 is 3.50. The first-order valence-corrected chi connectivity index (χ1v) is 7.18. The molecule has 100 valence electrons. The molecule has 0 aliphatic carbocycles. The van der Waals surface area contributed by atoms with Crippen molar-refractivity contribution in [1.29, 1.82) is 0 Å². The van der Waals surface area contributed by atoms with Gasteiger partial charge in [0.15, 0.2) is 11.5 Å². The Kier molecular flexibility index (Phi) is 4.51. The van der Waals surface area contributed by atoms with Gasteiger partial charge in [0.25, 0.3) is 0 Å². The van der Waals surface area contributed by atoms with Crippen molar-refractivity contribution in [1.82, 2.24) is 5.32 Å². The minimum Gasteiger partial charge on any atom is -0.503 e. The molecule has 1 aromatic carbocycles. The monoisotopic (exact) mass is 313 g/mol. The Morgan fingerprint density at radius 1 is 1.56 bits per heavy atom. The fourth-order valence-electron chi connectivity index (χ4n) is 2.57. The zero-order valence-electron chi connectivity index (χ0n) is 10.9. The highest BCUT2D eigenvalue weighted by Gasteiger charge is 2.19. The third kappa shape index (κ3) is 2.81. The fraction of sp³-hybridized carbons (Fsp3) is 0.571. The molecule has 0 spiro atoms. The van der Waals surface area contributed by atoms with E-state index in [1.807, 2.05) is 6.07 Å². The number of hydrogen-bond acceptors (Lipinski definition) is 3. The normalized spacial score (nSPS) is 19.8. The maximum Gasteiger partial charge on any atom is 0.172 e. The van der Waals surface area contributed by atoms with Crippen molar-refractivity contribution in [2.75, 3.05) is 20.2 Å². The Bertz CT molecular complexity index is 428. The van der Waals surface area contributed by atoms with Crippen molar-refractivity contribution < 1.29 is 9.84 Å². The van der Waals surface area contributed by atoms with Crippen LogP contribution in [0.1, 0.15) is 24.0 Å². The average molecular weight is 314 g/mol. The van der Waals surface area contributed by atoms with Crippen molar-refractivity contribution in [2.24, 2.45) is 5.92 Å². The summed E-state index contributed by atoms with van der Waals surface area (Å²) in [5.74, 6) is 1.40. The van der Waals surface area contributed by atoms with E-state index in [9.17, 15) is 5.11 Å². The van der Waals surface area contributed by atoms with Crippen LogP contribution in [0, 0.1) is 12.8 Å². The molecular weight excluding hydrogens is 294 g/mol. The summed E-state index contributed by atoms with van der Waals surface area (Å²) in [4.78, 5) is 0. The molecule has 3 nitrogen and oxygen atoms in total. The third-order valence-corrected chi connectivity index (χ3v) is 4.50. The number of phenolic OH excluding ortho intramolecular Hbond substituents is 1. The summed E-state index contributed by atoms with van der Waals surface area (Å²) in [7, 11) is 1.58. The molecule has 1 atom stereocenters. The lowest BCUT2D eigenvalue weighted by molar-refractivity contribution is 0.364. The number of rotatable bonds is 3. The maximum atomic E-state index is 10.0. The van der Waals surface area contributed by atoms with Gasteiger partial charge in [0.05, 0.1) is 11.6 Å². The van der Waals surface area contributed by atoms with E-state index in [1.165, 1.54) is 24.0 Å². The predicted octanol–water partition coefficient (Wildman–Crippen LogP) is 3.01. The smallest absolute Gasteiger partial charge is 0.172 e. The average Bonchev–Trinajstić information content (AvgIpc) is 2.40. The van der Waals surface area contributed by atoms with Crippen LogP contribution in [0.25, 0.3) is 0 Å². The summed E-state index contributed by atoms with van der Waals surface area (Å²) < 4.78 is 5.94. The zero-order valence-corrected chi connectivity index (χ0v) is 12.5. The third-order valence-electron chi connectivity index (χ3n) is 3.64. The van der Waals surface area contributed by atoms with Crippen LogP contribution in [-0.2, 0) is 6.42 Å². The molecule has 0 radical (unpaired) electrons. The molecule has 0 aromatic heterocycles. The Morgan fingerprint density at radius 3 is 2.94 bits per heavy atom. The highest BCUT2D eigenvalue weighted by atomic mass is 79.9. The van der Waals surface area contributed by atoms with Gasteiger partial charge in [0, 0.05) is 0 Å². The van der Waals surface area contributed by atoms with Crippen LogP contribution in [0.5, 0.6) is 11.5 Å². The molecule has 0 amide bonds. The van der Waals surface area contributed by atoms with E-state index < -0.39 is 0 Å². The molecule has 2 N–H and O–H groups in total. The molecule has 18 heavy (non-hydrogen) atoms. The minimum atomic E-state index is 0.210. The van der Waals surface area contributed by atoms with E-state index in [2.05, 4.69) is 28.2 Å². The van der Waals surface area contributed by atoms with Gasteiger partial charge in [-0.05, 0) is 78.3 Å². The van der Waals surface area contributed by atoms with E-state index in [0.717, 1.165) is 24.0 Å². The Balaban J connectivity index is 2.24. The summed E-state index contributed by atoms with van der Waals surface area (Å²) in [6.07, 6.45) is 3.49. The number of nitrogens with one attached hydrogen (secondary N) is 1. The van der Waals surface area contributed by atoms with Crippen LogP contribution in [0.3, 0.4) is 0 Å². The van der Waals surface area contributed by atoms with Gasteiger partial charge in [-0.3, -0.25) is 0 Å². The number of aromatic hydroxyl groups is 1. The van der Waals surface area contributed by atoms with E-state index in [0.29, 0.717) is 11.7 Å². The molecule has 2 rings (SSSR count). The van der Waals surface area contributed by atoms with Crippen LogP contribution < -0.4 is 10.1 Å². The maximum absolute atomic E-state index is 10.0. The van der Waals surface area contributed by atoms with Gasteiger partial charge in [0.2, 0.25) is 0 Å². The zero-order chi connectivity index (χ0) is 13.1. The Labute approximate surface area is 117 Å². The number of methoxy groups -OCH3 is 1. The Hall–Kier alpha value is -0.740. The fourth-order valence-corrected chi connectivity index (χ4v) is 3.24. The number of halogens is 1. The number of piperidine rings is 1. The van der Waals surface area contributed by atoms with Crippen LogP contribution in [0.4, 0.5) is 0 Å². The summed E-state index contributed by atoms with van der Waals surface area (Å²) in [6, 6.07) is 1.91. The molecule has 1 aliphatic rings. The molecule has 1 aliphatic heterocycles. The van der Waals surface area contributed by atoms with Gasteiger partial charge in [-0.15, -0.1) is 0 Å². The lowest BCUT2D eigenvalue weighted by Gasteiger charge is -2.24. The van der Waals surface area contributed by atoms with Gasteiger partial charge < -0.3 is 15.2 Å². The molecule has 1 aromatic rings. The summed E-state index contributed by atoms with van der Waals surface area (Å²) in [6.45, 7) is 4.27. The quantitative estimate of drug-likeness (QED) is 0.901. The molecule has 1 heterocycles. The molecule has 1 saturated heterocycles. The van der Waals surface area contributed by atoms with Crippen LogP contribution in [0.2, 0.25) is 0 Å². The molecule has 0 saturated carbocycles. The predicted molar refractivity (Wildman–Crippen MR) is 76.4 cm³/mol. The lowest BCUT2D eigenvalue weighted by Crippen LogP contribution is -2.31. The second-order valence-electron chi connectivity index (χ2n) is 4.95. The number of hydrogen-bond donors (Lipinski definition) is 2. The second-order valence-corrected chi connectivity index (χ2v) is 5.75. The van der Waals surface area contributed by atoms with Crippen LogP contribution in [-0.4, -0.2) is 25.3 Å². The summed E-state index contributed by atoms with van der Waals surface area (Å²) in [5, 5.41) is 13.5. The summed E-state index contributed by atoms with van der Waals surface area (Å²) in [5.41, 5.74) is 2.36. The van der Waals surface area contributed by atoms with Crippen molar-refractivity contribution in [2.45, 2.75) is 26.2 Å². The molecule has 0 bridgehead atoms. The molecular formula is C14H20BrNO2. The first kappa shape index (κ1) is 13.7. The van der Waals surface area contributed by atoms with E-state index in [1.54, 1.807) is 7.11 Å². The standard InChI is InChI=1S/C14H20BrNO2/c1-9-6-12(18-2)14(17)13(15)11(9)7-10-4-3-5-16-8-10/h6,10,16-17H,3-5,7-8H2,1-2H3. The van der Waals surface area contributed by atoms with Crippen molar-refractivity contribution in [3.8, 4) is 11.5 Å². The van der Waals surface area contributed by atoms with E-state index in [-0.39, 0.29) is 5.75 Å². The van der Waals surface area contributed by atoms with Crippen molar-refractivity contribution in [3.63, 3.8) is 0 Å². The number of phenols is 1. The topological polar surface area (TPSA) is 41.5 Å². The SMILES string of the molecule is COc1cc(C)c(CC2CCCNC2)c(Br)c1O. The number of benzene rings is 1.